The minimum absolute atomic E-state index is 0.229. The van der Waals surface area contributed by atoms with E-state index in [1.54, 1.807) is 0 Å². The van der Waals surface area contributed by atoms with Crippen LogP contribution in [0.25, 0.3) is 0 Å². The molecule has 0 radical (unpaired) electrons. The van der Waals surface area contributed by atoms with Crippen molar-refractivity contribution in [3.05, 3.63) is 0 Å². The van der Waals surface area contributed by atoms with Crippen LogP contribution in [-0.2, 0) is 19.2 Å². The molecule has 0 spiro atoms. The molecule has 106 valence electrons. The second kappa shape index (κ2) is 6.69. The number of hydrogen-bond donors (Lipinski definition) is 5. The van der Waals surface area contributed by atoms with Crippen molar-refractivity contribution in [3.63, 3.8) is 0 Å². The van der Waals surface area contributed by atoms with Gasteiger partial charge in [-0.05, 0) is 6.42 Å². The van der Waals surface area contributed by atoms with Gasteiger partial charge in [-0.3, -0.25) is 19.2 Å². The number of carboxylic acid groups (broad SMARTS) is 1. The number of rotatable bonds is 6. The predicted octanol–water partition coefficient (Wildman–Crippen LogP) is -3.06. The van der Waals surface area contributed by atoms with Gasteiger partial charge in [0.1, 0.15) is 18.6 Å². The second-order valence-corrected chi connectivity index (χ2v) is 4.01. The third kappa shape index (κ3) is 4.54. The van der Waals surface area contributed by atoms with Crippen LogP contribution in [0.4, 0.5) is 0 Å². The van der Waals surface area contributed by atoms with E-state index in [1.807, 2.05) is 5.32 Å². The van der Waals surface area contributed by atoms with Crippen LogP contribution in [0.2, 0.25) is 0 Å². The Hall–Kier alpha value is -2.16. The Morgan fingerprint density at radius 1 is 1.42 bits per heavy atom. The number of carboxylic acids is 1. The van der Waals surface area contributed by atoms with Gasteiger partial charge >= 0.3 is 5.97 Å². The molecular formula is C10H15N3O6. The molecule has 1 rings (SSSR count). The van der Waals surface area contributed by atoms with E-state index in [2.05, 4.69) is 10.6 Å². The summed E-state index contributed by atoms with van der Waals surface area (Å²) in [5.41, 5.74) is 0. The summed E-state index contributed by atoms with van der Waals surface area (Å²) in [5.74, 6) is -2.88. The molecule has 1 aliphatic heterocycles. The van der Waals surface area contributed by atoms with E-state index in [9.17, 15) is 19.2 Å². The molecule has 1 heterocycles. The fourth-order valence-electron chi connectivity index (χ4n) is 1.56. The Balaban J connectivity index is 2.46. The second-order valence-electron chi connectivity index (χ2n) is 4.01. The first-order valence-corrected chi connectivity index (χ1v) is 5.64. The first-order valence-electron chi connectivity index (χ1n) is 5.64. The van der Waals surface area contributed by atoms with Gasteiger partial charge in [0, 0.05) is 6.42 Å². The highest BCUT2D eigenvalue weighted by Gasteiger charge is 2.30. The van der Waals surface area contributed by atoms with Crippen molar-refractivity contribution in [2.24, 2.45) is 0 Å². The van der Waals surface area contributed by atoms with Gasteiger partial charge in [-0.1, -0.05) is 0 Å². The van der Waals surface area contributed by atoms with E-state index >= 15 is 0 Å². The van der Waals surface area contributed by atoms with Crippen molar-refractivity contribution in [1.29, 1.82) is 0 Å². The van der Waals surface area contributed by atoms with Crippen molar-refractivity contribution >= 4 is 23.7 Å². The van der Waals surface area contributed by atoms with Gasteiger partial charge in [-0.15, -0.1) is 0 Å². The zero-order chi connectivity index (χ0) is 14.4. The van der Waals surface area contributed by atoms with Crippen molar-refractivity contribution in [2.75, 3.05) is 13.2 Å². The highest BCUT2D eigenvalue weighted by Crippen LogP contribution is 2.06. The maximum Gasteiger partial charge on any atom is 0.322 e. The average Bonchev–Trinajstić information content (AvgIpc) is 2.79. The number of carbonyl (C=O) groups excluding carboxylic acids is 3. The molecule has 1 fully saturated rings. The summed E-state index contributed by atoms with van der Waals surface area (Å²) in [6.45, 7) is -1.27. The van der Waals surface area contributed by atoms with Crippen LogP contribution in [0.3, 0.4) is 0 Å². The van der Waals surface area contributed by atoms with Gasteiger partial charge in [-0.25, -0.2) is 0 Å². The Labute approximate surface area is 108 Å². The van der Waals surface area contributed by atoms with Gasteiger partial charge in [0.25, 0.3) is 0 Å². The van der Waals surface area contributed by atoms with Crippen LogP contribution >= 0.6 is 0 Å². The van der Waals surface area contributed by atoms with Gasteiger partial charge in [0.2, 0.25) is 17.7 Å². The molecule has 0 aromatic rings. The Kier molecular flexibility index (Phi) is 5.24. The largest absolute Gasteiger partial charge is 0.480 e. The summed E-state index contributed by atoms with van der Waals surface area (Å²) in [6, 6.07) is -1.97. The number of carbonyl (C=O) groups is 4. The summed E-state index contributed by atoms with van der Waals surface area (Å²) in [6.07, 6.45) is 0.548. The molecule has 9 nitrogen and oxygen atoms in total. The van der Waals surface area contributed by atoms with E-state index in [-0.39, 0.29) is 12.3 Å². The molecule has 1 aliphatic rings. The molecule has 0 aromatic carbocycles. The highest BCUT2D eigenvalue weighted by molar-refractivity contribution is 5.94. The average molecular weight is 273 g/mol. The maximum atomic E-state index is 11.7. The van der Waals surface area contributed by atoms with E-state index in [1.165, 1.54) is 0 Å². The fourth-order valence-corrected chi connectivity index (χ4v) is 1.56. The van der Waals surface area contributed by atoms with Gasteiger partial charge in [0.15, 0.2) is 0 Å². The molecule has 0 aliphatic carbocycles. The molecular weight excluding hydrogens is 258 g/mol. The quantitative estimate of drug-likeness (QED) is 0.347. The maximum absolute atomic E-state index is 11.7. The van der Waals surface area contributed by atoms with Gasteiger partial charge in [-0.2, -0.15) is 0 Å². The standard InChI is InChI=1S/C10H15N3O6/c14-4-6(9(18)11-3-8(16)17)13-10(19)5-1-2-7(15)12-5/h5-6,14H,1-4H2,(H,11,18)(H,12,15)(H,13,19)(H,16,17)/t5-,6-/m0/s1. The van der Waals surface area contributed by atoms with Crippen LogP contribution in [0.1, 0.15) is 12.8 Å². The van der Waals surface area contributed by atoms with Crippen LogP contribution in [0, 0.1) is 0 Å². The molecule has 2 atom stereocenters. The summed E-state index contributed by atoms with van der Waals surface area (Å²) in [4.78, 5) is 44.3. The van der Waals surface area contributed by atoms with Crippen LogP contribution in [0.15, 0.2) is 0 Å². The van der Waals surface area contributed by atoms with Crippen LogP contribution in [-0.4, -0.2) is 59.1 Å². The van der Waals surface area contributed by atoms with Crippen LogP contribution in [0.5, 0.6) is 0 Å². The number of nitrogens with one attached hydrogen (secondary N) is 3. The van der Waals surface area contributed by atoms with Crippen molar-refractivity contribution in [2.45, 2.75) is 24.9 Å². The van der Waals surface area contributed by atoms with Gasteiger partial charge < -0.3 is 26.2 Å². The Morgan fingerprint density at radius 3 is 2.58 bits per heavy atom. The topological polar surface area (TPSA) is 145 Å². The lowest BCUT2D eigenvalue weighted by molar-refractivity contribution is -0.138. The first kappa shape index (κ1) is 14.9. The van der Waals surface area contributed by atoms with E-state index in [4.69, 9.17) is 10.2 Å². The predicted molar refractivity (Wildman–Crippen MR) is 60.8 cm³/mol. The molecule has 9 heteroatoms. The molecule has 19 heavy (non-hydrogen) atoms. The van der Waals surface area contributed by atoms with E-state index in [0.29, 0.717) is 6.42 Å². The highest BCUT2D eigenvalue weighted by atomic mass is 16.4. The Bertz CT molecular complexity index is 397. The molecule has 0 bridgehead atoms. The summed E-state index contributed by atoms with van der Waals surface area (Å²) < 4.78 is 0. The lowest BCUT2D eigenvalue weighted by atomic mass is 10.2. The smallest absolute Gasteiger partial charge is 0.322 e. The monoisotopic (exact) mass is 273 g/mol. The zero-order valence-electron chi connectivity index (χ0n) is 10.0. The number of amides is 3. The molecule has 1 saturated heterocycles. The molecule has 0 unspecified atom stereocenters. The molecule has 0 aromatic heterocycles. The summed E-state index contributed by atoms with van der Waals surface area (Å²) in [7, 11) is 0. The Morgan fingerprint density at radius 2 is 2.11 bits per heavy atom. The number of aliphatic hydroxyl groups is 1. The molecule has 0 saturated carbocycles. The lowest BCUT2D eigenvalue weighted by Crippen LogP contribution is -2.53. The number of aliphatic hydroxyl groups excluding tert-OH is 1. The zero-order valence-corrected chi connectivity index (χ0v) is 10.0. The SMILES string of the molecule is O=C(O)CNC(=O)[C@H](CO)NC(=O)[C@@H]1CCC(=O)N1. The van der Waals surface area contributed by atoms with E-state index < -0.39 is 43.0 Å². The minimum Gasteiger partial charge on any atom is -0.480 e. The van der Waals surface area contributed by atoms with Crippen LogP contribution < -0.4 is 16.0 Å². The molecule has 3 amide bonds. The van der Waals surface area contributed by atoms with E-state index in [0.717, 1.165) is 0 Å². The summed E-state index contributed by atoms with van der Waals surface area (Å²) >= 11 is 0. The summed E-state index contributed by atoms with van der Waals surface area (Å²) in [5, 5.41) is 24.1. The number of hydrogen-bond acceptors (Lipinski definition) is 5. The third-order valence-corrected chi connectivity index (χ3v) is 2.54. The molecule has 5 N–H and O–H groups in total. The van der Waals surface area contributed by atoms with Crippen molar-refractivity contribution < 1.29 is 29.4 Å². The number of aliphatic carboxylic acids is 1. The third-order valence-electron chi connectivity index (χ3n) is 2.54. The normalized spacial score (nSPS) is 19.4. The lowest BCUT2D eigenvalue weighted by Gasteiger charge is -2.18. The van der Waals surface area contributed by atoms with Crippen molar-refractivity contribution in [1.82, 2.24) is 16.0 Å². The fraction of sp³-hybridized carbons (Fsp3) is 0.600. The first-order chi connectivity index (χ1) is 8.93. The minimum atomic E-state index is -1.25. The van der Waals surface area contributed by atoms with Gasteiger partial charge in [0.05, 0.1) is 6.61 Å². The van der Waals surface area contributed by atoms with Crippen molar-refractivity contribution in [3.8, 4) is 0 Å².